The van der Waals surface area contributed by atoms with Gasteiger partial charge < -0.3 is 9.84 Å². The Kier molecular flexibility index (Phi) is 4.04. The Morgan fingerprint density at radius 3 is 2.57 bits per heavy atom. The lowest BCUT2D eigenvalue weighted by Crippen LogP contribution is -2.04. The number of hydrogen-bond donors (Lipinski definition) is 1. The summed E-state index contributed by atoms with van der Waals surface area (Å²) in [5.74, 6) is 0.0125. The van der Waals surface area contributed by atoms with Gasteiger partial charge in [-0.1, -0.05) is 17.6 Å². The van der Waals surface area contributed by atoms with Gasteiger partial charge in [-0.05, 0) is 18.6 Å². The number of rotatable bonds is 5. The van der Waals surface area contributed by atoms with Crippen LogP contribution in [0.1, 0.15) is 12.8 Å². The van der Waals surface area contributed by atoms with E-state index in [9.17, 15) is 4.79 Å². The van der Waals surface area contributed by atoms with Gasteiger partial charge in [0.1, 0.15) is 13.6 Å². The lowest BCUT2D eigenvalue weighted by atomic mass is 9.97. The summed E-state index contributed by atoms with van der Waals surface area (Å²) in [6.07, 6.45) is 0.703. The molecule has 14 heavy (non-hydrogen) atoms. The van der Waals surface area contributed by atoms with Crippen molar-refractivity contribution < 1.29 is 14.6 Å². The summed E-state index contributed by atoms with van der Waals surface area (Å²) in [6.45, 7) is 0.454. The molecule has 74 valence electrons. The molecule has 0 bridgehead atoms. The number of benzene rings is 1. The number of carboxylic acids is 1. The largest absolute Gasteiger partial charge is 0.494 e. The van der Waals surface area contributed by atoms with Gasteiger partial charge in [-0.25, -0.2) is 0 Å². The molecular weight excluding hydrogens is 179 g/mol. The summed E-state index contributed by atoms with van der Waals surface area (Å²) in [5, 5.41) is 8.39. The van der Waals surface area contributed by atoms with Crippen molar-refractivity contribution in [2.24, 2.45) is 0 Å². The molecule has 0 spiro atoms. The normalized spacial score (nSPS) is 9.71. The van der Waals surface area contributed by atoms with E-state index < -0.39 is 5.97 Å². The van der Waals surface area contributed by atoms with E-state index in [1.807, 2.05) is 32.1 Å². The van der Waals surface area contributed by atoms with Crippen LogP contribution in [0.5, 0.6) is 5.75 Å². The first-order valence-electron chi connectivity index (χ1n) is 4.60. The second-order valence-electron chi connectivity index (χ2n) is 3.16. The number of carboxylic acid groups (broad SMARTS) is 1. The fourth-order valence-corrected chi connectivity index (χ4v) is 1.05. The van der Waals surface area contributed by atoms with Crippen LogP contribution >= 0.6 is 0 Å². The van der Waals surface area contributed by atoms with E-state index in [1.54, 1.807) is 0 Å². The van der Waals surface area contributed by atoms with Gasteiger partial charge >= 0.3 is 5.97 Å². The Hall–Kier alpha value is -1.45. The third kappa shape index (κ3) is 3.98. The molecule has 0 aliphatic heterocycles. The lowest BCUT2D eigenvalue weighted by Gasteiger charge is -2.04. The van der Waals surface area contributed by atoms with E-state index in [2.05, 4.69) is 0 Å². The standard InChI is InChI=1S/C10H13BO3/c11-8-3-5-9(6-4-8)14-7-1-2-10(12)13/h3-6H,1-2,7,11H2,(H,12,13). The zero-order valence-corrected chi connectivity index (χ0v) is 8.19. The van der Waals surface area contributed by atoms with Crippen molar-refractivity contribution in [3.8, 4) is 5.75 Å². The zero-order valence-electron chi connectivity index (χ0n) is 8.19. The van der Waals surface area contributed by atoms with Crippen molar-refractivity contribution in [3.05, 3.63) is 24.3 Å². The third-order valence-corrected chi connectivity index (χ3v) is 1.82. The van der Waals surface area contributed by atoms with Crippen LogP contribution in [0, 0.1) is 0 Å². The van der Waals surface area contributed by atoms with Crippen LogP contribution in [0.2, 0.25) is 0 Å². The van der Waals surface area contributed by atoms with E-state index in [-0.39, 0.29) is 6.42 Å². The minimum absolute atomic E-state index is 0.159. The highest BCUT2D eigenvalue weighted by Gasteiger charge is 1.97. The Bertz CT molecular complexity index is 295. The van der Waals surface area contributed by atoms with Gasteiger partial charge in [-0.2, -0.15) is 0 Å². The number of aliphatic carboxylic acids is 1. The van der Waals surface area contributed by atoms with E-state index in [0.29, 0.717) is 13.0 Å². The van der Waals surface area contributed by atoms with E-state index in [1.165, 1.54) is 5.46 Å². The van der Waals surface area contributed by atoms with Gasteiger partial charge in [0.15, 0.2) is 0 Å². The topological polar surface area (TPSA) is 46.5 Å². The number of ether oxygens (including phenoxy) is 1. The van der Waals surface area contributed by atoms with Gasteiger partial charge in [0.25, 0.3) is 0 Å². The molecule has 0 aliphatic rings. The van der Waals surface area contributed by atoms with Gasteiger partial charge in [-0.3, -0.25) is 4.79 Å². The van der Waals surface area contributed by atoms with Crippen molar-refractivity contribution in [3.63, 3.8) is 0 Å². The van der Waals surface area contributed by atoms with Crippen molar-refractivity contribution in [2.45, 2.75) is 12.8 Å². The van der Waals surface area contributed by atoms with E-state index in [0.717, 1.165) is 5.75 Å². The first kappa shape index (κ1) is 10.6. The summed E-state index contributed by atoms with van der Waals surface area (Å²) in [6, 6.07) is 7.70. The minimum Gasteiger partial charge on any atom is -0.494 e. The van der Waals surface area contributed by atoms with E-state index in [4.69, 9.17) is 9.84 Å². The van der Waals surface area contributed by atoms with Crippen LogP contribution in [-0.4, -0.2) is 25.5 Å². The fourth-order valence-electron chi connectivity index (χ4n) is 1.05. The smallest absolute Gasteiger partial charge is 0.303 e. The number of carbonyl (C=O) groups is 1. The molecule has 0 heterocycles. The van der Waals surface area contributed by atoms with Crippen LogP contribution in [0.3, 0.4) is 0 Å². The fraction of sp³-hybridized carbons (Fsp3) is 0.300. The highest BCUT2D eigenvalue weighted by atomic mass is 16.5. The molecule has 0 unspecified atom stereocenters. The molecule has 0 fully saturated rings. The second kappa shape index (κ2) is 5.32. The molecule has 0 saturated heterocycles. The van der Waals surface area contributed by atoms with Crippen molar-refractivity contribution in [1.29, 1.82) is 0 Å². The van der Waals surface area contributed by atoms with Crippen LogP contribution in [0.25, 0.3) is 0 Å². The zero-order chi connectivity index (χ0) is 10.4. The highest BCUT2D eigenvalue weighted by molar-refractivity contribution is 6.32. The third-order valence-electron chi connectivity index (χ3n) is 1.82. The average Bonchev–Trinajstić information content (AvgIpc) is 2.15. The predicted octanol–water partition coefficient (Wildman–Crippen LogP) is 0.189. The first-order valence-corrected chi connectivity index (χ1v) is 4.60. The molecule has 1 aromatic rings. The predicted molar refractivity (Wildman–Crippen MR) is 57.0 cm³/mol. The number of hydrogen-bond acceptors (Lipinski definition) is 2. The molecule has 0 aromatic heterocycles. The monoisotopic (exact) mass is 192 g/mol. The van der Waals surface area contributed by atoms with Crippen molar-refractivity contribution >= 4 is 19.3 Å². The van der Waals surface area contributed by atoms with Gasteiger partial charge in [0, 0.05) is 6.42 Å². The Balaban J connectivity index is 2.25. The van der Waals surface area contributed by atoms with Crippen LogP contribution in [-0.2, 0) is 4.79 Å². The van der Waals surface area contributed by atoms with Crippen molar-refractivity contribution in [2.75, 3.05) is 6.61 Å². The summed E-state index contributed by atoms with van der Waals surface area (Å²) >= 11 is 0. The minimum atomic E-state index is -0.780. The summed E-state index contributed by atoms with van der Waals surface area (Å²) < 4.78 is 5.35. The maximum absolute atomic E-state index is 10.2. The Morgan fingerprint density at radius 1 is 1.36 bits per heavy atom. The molecule has 4 heteroatoms. The van der Waals surface area contributed by atoms with Crippen LogP contribution in [0.4, 0.5) is 0 Å². The molecule has 1 rings (SSSR count). The van der Waals surface area contributed by atoms with Gasteiger partial charge in [0.05, 0.1) is 6.61 Å². The van der Waals surface area contributed by atoms with E-state index >= 15 is 0 Å². The summed E-state index contributed by atoms with van der Waals surface area (Å²) in [4.78, 5) is 10.2. The maximum Gasteiger partial charge on any atom is 0.303 e. The molecule has 3 nitrogen and oxygen atoms in total. The lowest BCUT2D eigenvalue weighted by molar-refractivity contribution is -0.137. The van der Waals surface area contributed by atoms with Gasteiger partial charge in [-0.15, -0.1) is 0 Å². The van der Waals surface area contributed by atoms with Crippen LogP contribution in [0.15, 0.2) is 24.3 Å². The molecule has 1 aromatic carbocycles. The highest BCUT2D eigenvalue weighted by Crippen LogP contribution is 2.07. The molecule has 0 aliphatic carbocycles. The molecular formula is C10H13BO3. The Labute approximate surface area is 84.1 Å². The van der Waals surface area contributed by atoms with Gasteiger partial charge in [0.2, 0.25) is 0 Å². The maximum atomic E-state index is 10.2. The SMILES string of the molecule is Bc1ccc(OCCCC(=O)O)cc1. The summed E-state index contributed by atoms with van der Waals surface area (Å²) in [7, 11) is 2.01. The van der Waals surface area contributed by atoms with Crippen LogP contribution < -0.4 is 10.2 Å². The second-order valence-corrected chi connectivity index (χ2v) is 3.16. The molecule has 0 radical (unpaired) electrons. The molecule has 0 atom stereocenters. The van der Waals surface area contributed by atoms with Crippen molar-refractivity contribution in [1.82, 2.24) is 0 Å². The Morgan fingerprint density at radius 2 is 2.00 bits per heavy atom. The molecule has 1 N–H and O–H groups in total. The molecule has 0 amide bonds. The average molecular weight is 192 g/mol. The first-order chi connectivity index (χ1) is 6.68. The summed E-state index contributed by atoms with van der Waals surface area (Å²) in [5.41, 5.74) is 1.18. The molecule has 0 saturated carbocycles. The quantitative estimate of drug-likeness (QED) is 0.535.